The lowest BCUT2D eigenvalue weighted by atomic mass is 9.32. The molecule has 3 fully saturated rings. The number of carbonyl (C=O) groups excluding carboxylic acids is 2. The van der Waals surface area contributed by atoms with E-state index in [9.17, 15) is 33.0 Å². The summed E-state index contributed by atoms with van der Waals surface area (Å²) in [6.07, 6.45) is 6.09. The number of benzene rings is 2. The number of alkyl halides is 3. The van der Waals surface area contributed by atoms with Gasteiger partial charge in [-0.2, -0.15) is 13.2 Å². The lowest BCUT2D eigenvalue weighted by Gasteiger charge is -2.71. The molecule has 0 radical (unpaired) electrons. The van der Waals surface area contributed by atoms with Gasteiger partial charge in [-0.25, -0.2) is 4.79 Å². The topological polar surface area (TPSA) is 99.1 Å². The predicted molar refractivity (Wildman–Crippen MR) is 188 cm³/mol. The number of carbonyl (C=O) groups is 2. The number of nitrogens with one attached hydrogen (secondary N) is 1. The molecule has 3 N–H and O–H groups in total. The molecule has 6 aliphatic carbocycles. The first-order chi connectivity index (χ1) is 24.1. The van der Waals surface area contributed by atoms with Crippen molar-refractivity contribution in [2.24, 2.45) is 33.5 Å². The van der Waals surface area contributed by atoms with E-state index in [0.29, 0.717) is 68.5 Å². The lowest BCUT2D eigenvalue weighted by Crippen LogP contribution is -2.67. The van der Waals surface area contributed by atoms with E-state index in [4.69, 9.17) is 4.74 Å². The number of urea groups is 1. The zero-order valence-corrected chi connectivity index (χ0v) is 29.9. The van der Waals surface area contributed by atoms with Gasteiger partial charge in [-0.1, -0.05) is 51.1 Å². The van der Waals surface area contributed by atoms with Crippen molar-refractivity contribution < 1.29 is 37.7 Å². The zero-order valence-electron chi connectivity index (χ0n) is 29.9. The van der Waals surface area contributed by atoms with E-state index in [-0.39, 0.29) is 35.4 Å². The van der Waals surface area contributed by atoms with Crippen molar-refractivity contribution in [1.29, 1.82) is 0 Å². The van der Waals surface area contributed by atoms with Crippen LogP contribution in [0.3, 0.4) is 0 Å². The van der Waals surface area contributed by atoms with Gasteiger partial charge in [0.05, 0.1) is 30.9 Å². The third-order valence-corrected chi connectivity index (χ3v) is 14.0. The van der Waals surface area contributed by atoms with E-state index in [1.165, 1.54) is 12.1 Å². The number of anilines is 1. The van der Waals surface area contributed by atoms with Gasteiger partial charge in [0, 0.05) is 39.6 Å². The summed E-state index contributed by atoms with van der Waals surface area (Å²) >= 11 is 0. The highest BCUT2D eigenvalue weighted by atomic mass is 19.4. The standard InChI is InChI=1S/C41H49F3N2O5/c1-5-21-46(35(49)45-28-9-11-30(51-4)12-10-28)25-39(50)18-15-33-37(39,3)17-14-32-36(2)16-13-29(47)23-38(36)19-20-40(32,33)31(24-38)34(48)26-7-6-8-27(22-26)41(42,43)44/h6-12,19-20,22,24,29,32-33,47,50H,5,13-18,21,23,25H2,1-4H3,(H,45,49). The molecule has 0 aromatic heterocycles. The molecule has 8 unspecified atom stereocenters. The number of hydrogen-bond donors (Lipinski definition) is 3. The molecule has 7 nitrogen and oxygen atoms in total. The third kappa shape index (κ3) is 5.29. The summed E-state index contributed by atoms with van der Waals surface area (Å²) in [5.41, 5.74) is -3.50. The Morgan fingerprint density at radius 2 is 1.67 bits per heavy atom. The average molecular weight is 707 g/mol. The summed E-state index contributed by atoms with van der Waals surface area (Å²) in [5.74, 6) is 0.0227. The average Bonchev–Trinajstić information content (AvgIpc) is 3.37. The van der Waals surface area contributed by atoms with E-state index in [0.717, 1.165) is 18.6 Å². The van der Waals surface area contributed by atoms with Crippen molar-refractivity contribution in [2.45, 2.75) is 90.0 Å². The molecule has 10 heteroatoms. The van der Waals surface area contributed by atoms with Crippen molar-refractivity contribution in [2.75, 3.05) is 25.5 Å². The molecule has 2 amide bonds. The molecule has 2 aromatic carbocycles. The minimum atomic E-state index is -4.60. The second-order valence-electron chi connectivity index (χ2n) is 16.3. The Morgan fingerprint density at radius 3 is 2.35 bits per heavy atom. The van der Waals surface area contributed by atoms with Crippen LogP contribution in [0.15, 0.2) is 72.3 Å². The molecular formula is C41H49F3N2O5. The third-order valence-electron chi connectivity index (χ3n) is 14.0. The molecule has 3 saturated carbocycles. The molecule has 0 saturated heterocycles. The molecule has 51 heavy (non-hydrogen) atoms. The molecule has 8 atom stereocenters. The number of Topliss-reactive ketones (excluding diaryl/α,β-unsaturated/α-hetero) is 1. The molecule has 6 aliphatic rings. The number of rotatable bonds is 8. The summed E-state index contributed by atoms with van der Waals surface area (Å²) < 4.78 is 46.8. The van der Waals surface area contributed by atoms with Crippen molar-refractivity contribution in [3.05, 3.63) is 83.5 Å². The van der Waals surface area contributed by atoms with Crippen molar-refractivity contribution in [3.8, 4) is 5.75 Å². The molecule has 274 valence electrons. The highest BCUT2D eigenvalue weighted by Crippen LogP contribution is 2.78. The van der Waals surface area contributed by atoms with Crippen LogP contribution >= 0.6 is 0 Å². The zero-order chi connectivity index (χ0) is 36.6. The first-order valence-electron chi connectivity index (χ1n) is 18.3. The number of halogens is 3. The van der Waals surface area contributed by atoms with Gasteiger partial charge in [0.15, 0.2) is 5.78 Å². The number of amides is 2. The van der Waals surface area contributed by atoms with Gasteiger partial charge in [-0.15, -0.1) is 0 Å². The maximum atomic E-state index is 14.7. The second kappa shape index (κ2) is 12.2. The molecule has 0 aliphatic heterocycles. The van der Waals surface area contributed by atoms with Crippen LogP contribution in [0, 0.1) is 33.5 Å². The lowest BCUT2D eigenvalue weighted by molar-refractivity contribution is -0.174. The van der Waals surface area contributed by atoms with Crippen molar-refractivity contribution in [3.63, 3.8) is 0 Å². The van der Waals surface area contributed by atoms with Crippen LogP contribution in [0.4, 0.5) is 23.7 Å². The number of nitrogens with zero attached hydrogens (tertiary/aromatic N) is 1. The van der Waals surface area contributed by atoms with Gasteiger partial charge in [-0.05, 0) is 105 Å². The van der Waals surface area contributed by atoms with Gasteiger partial charge < -0.3 is 25.2 Å². The largest absolute Gasteiger partial charge is 0.497 e. The maximum absolute atomic E-state index is 14.7. The van der Waals surface area contributed by atoms with Gasteiger partial charge in [0.1, 0.15) is 5.75 Å². The number of ketones is 1. The highest BCUT2D eigenvalue weighted by molar-refractivity contribution is 6.10. The predicted octanol–water partition coefficient (Wildman–Crippen LogP) is 8.43. The van der Waals surface area contributed by atoms with Crippen LogP contribution in [0.2, 0.25) is 0 Å². The maximum Gasteiger partial charge on any atom is 0.416 e. The van der Waals surface area contributed by atoms with E-state index >= 15 is 0 Å². The van der Waals surface area contributed by atoms with Crippen molar-refractivity contribution in [1.82, 2.24) is 4.90 Å². The van der Waals surface area contributed by atoms with E-state index < -0.39 is 45.5 Å². The molecular weight excluding hydrogens is 657 g/mol. The minimum absolute atomic E-state index is 0.00975. The molecule has 0 heterocycles. The Morgan fingerprint density at radius 1 is 0.980 bits per heavy atom. The van der Waals surface area contributed by atoms with Gasteiger partial charge >= 0.3 is 12.2 Å². The van der Waals surface area contributed by atoms with Crippen LogP contribution in [0.5, 0.6) is 5.75 Å². The quantitative estimate of drug-likeness (QED) is 0.189. The minimum Gasteiger partial charge on any atom is -0.497 e. The SMILES string of the molecule is CCCN(CC1(O)CCC2C34C=CC5(C=C3C(=O)c3cccc(C(F)(F)F)c3)CC(O)CCC5(C)C4CCC21C)C(=O)Nc1ccc(OC)cc1. The molecule has 2 spiro atoms. The monoisotopic (exact) mass is 706 g/mol. The summed E-state index contributed by atoms with van der Waals surface area (Å²) in [5, 5.41) is 26.7. The Labute approximate surface area is 297 Å². The van der Waals surface area contributed by atoms with Gasteiger partial charge in [0.2, 0.25) is 0 Å². The number of methoxy groups -OCH3 is 1. The Bertz CT molecular complexity index is 1770. The van der Waals surface area contributed by atoms with Crippen LogP contribution in [-0.2, 0) is 6.18 Å². The van der Waals surface area contributed by atoms with Crippen LogP contribution in [-0.4, -0.2) is 58.8 Å². The molecule has 8 rings (SSSR count). The van der Waals surface area contributed by atoms with E-state index in [2.05, 4.69) is 31.3 Å². The smallest absolute Gasteiger partial charge is 0.416 e. The van der Waals surface area contributed by atoms with Crippen molar-refractivity contribution >= 4 is 17.5 Å². The number of aliphatic hydroxyl groups is 2. The first-order valence-corrected chi connectivity index (χ1v) is 18.3. The normalized spacial score (nSPS) is 36.4. The molecule has 2 bridgehead atoms. The summed E-state index contributed by atoms with van der Waals surface area (Å²) in [6, 6.07) is 11.4. The molecule has 2 aromatic rings. The number of fused-ring (bicyclic) bond motifs is 1. The number of allylic oxidation sites excluding steroid dienone is 4. The Balaban J connectivity index is 1.27. The number of hydrogen-bond acceptors (Lipinski definition) is 5. The summed E-state index contributed by atoms with van der Waals surface area (Å²) in [4.78, 5) is 30.1. The first kappa shape index (κ1) is 35.8. The van der Waals surface area contributed by atoms with Gasteiger partial charge in [-0.3, -0.25) is 4.79 Å². The Hall–Kier alpha value is -3.63. The second-order valence-corrected chi connectivity index (χ2v) is 16.3. The van der Waals surface area contributed by atoms with E-state index in [1.807, 2.05) is 13.0 Å². The van der Waals surface area contributed by atoms with Crippen LogP contribution < -0.4 is 10.1 Å². The fraction of sp³-hybridized carbons (Fsp3) is 0.561. The van der Waals surface area contributed by atoms with Gasteiger partial charge in [0.25, 0.3) is 0 Å². The van der Waals surface area contributed by atoms with Crippen LogP contribution in [0.25, 0.3) is 0 Å². The van der Waals surface area contributed by atoms with Crippen LogP contribution in [0.1, 0.15) is 88.1 Å². The number of ether oxygens (including phenoxy) is 1. The highest BCUT2D eigenvalue weighted by Gasteiger charge is 2.74. The number of aliphatic hydroxyl groups excluding tert-OH is 1. The van der Waals surface area contributed by atoms with E-state index in [1.54, 1.807) is 36.3 Å². The Kier molecular flexibility index (Phi) is 8.57. The summed E-state index contributed by atoms with van der Waals surface area (Å²) in [6.45, 7) is 6.88. The summed E-state index contributed by atoms with van der Waals surface area (Å²) in [7, 11) is 1.58. The fourth-order valence-corrected chi connectivity index (χ4v) is 11.3. The fourth-order valence-electron chi connectivity index (χ4n) is 11.3.